The molecule has 5 heteroatoms. The number of hydroxylamine groups is 1. The normalized spacial score (nSPS) is 12.3. The van der Waals surface area contributed by atoms with Gasteiger partial charge in [-0.25, -0.2) is 5.48 Å². The Hall–Kier alpha value is -3.70. The van der Waals surface area contributed by atoms with E-state index < -0.39 is 11.8 Å². The molecule has 0 radical (unpaired) electrons. The van der Waals surface area contributed by atoms with Crippen LogP contribution in [-0.4, -0.2) is 17.0 Å². The lowest BCUT2D eigenvalue weighted by Gasteiger charge is -2.18. The van der Waals surface area contributed by atoms with E-state index in [1.54, 1.807) is 11.6 Å². The van der Waals surface area contributed by atoms with E-state index in [2.05, 4.69) is 5.32 Å². The number of anilines is 1. The average molecular weight is 384 g/mol. The molecule has 5 nitrogen and oxygen atoms in total. The van der Waals surface area contributed by atoms with Crippen molar-refractivity contribution in [3.05, 3.63) is 107 Å². The summed E-state index contributed by atoms with van der Waals surface area (Å²) >= 11 is 0. The number of hydrogen-bond donors (Lipinski definition) is 3. The summed E-state index contributed by atoms with van der Waals surface area (Å²) < 4.78 is 0. The van der Waals surface area contributed by atoms with Crippen molar-refractivity contribution in [3.8, 4) is 0 Å². The molecule has 1 aliphatic carbocycles. The third-order valence-electron chi connectivity index (χ3n) is 5.04. The minimum absolute atomic E-state index is 0.123. The molecule has 1 aliphatic rings. The molecule has 3 N–H and O–H groups in total. The van der Waals surface area contributed by atoms with Gasteiger partial charge in [0, 0.05) is 17.7 Å². The lowest BCUT2D eigenvalue weighted by Crippen LogP contribution is -2.22. The van der Waals surface area contributed by atoms with Crippen LogP contribution in [0.4, 0.5) is 5.69 Å². The zero-order chi connectivity index (χ0) is 20.2. The molecule has 144 valence electrons. The molecule has 0 fully saturated rings. The van der Waals surface area contributed by atoms with E-state index in [4.69, 9.17) is 5.21 Å². The average Bonchev–Trinajstić information content (AvgIpc) is 3.18. The van der Waals surface area contributed by atoms with Gasteiger partial charge < -0.3 is 5.32 Å². The summed E-state index contributed by atoms with van der Waals surface area (Å²) in [6.45, 7) is 0. The van der Waals surface area contributed by atoms with Gasteiger partial charge in [-0.1, -0.05) is 66.7 Å². The summed E-state index contributed by atoms with van der Waals surface area (Å²) in [5, 5.41) is 11.8. The van der Waals surface area contributed by atoms with Gasteiger partial charge in [-0.3, -0.25) is 14.8 Å². The molecule has 2 amide bonds. The summed E-state index contributed by atoms with van der Waals surface area (Å²) in [6, 6.07) is 24.9. The van der Waals surface area contributed by atoms with Gasteiger partial charge in [-0.2, -0.15) is 0 Å². The molecule has 29 heavy (non-hydrogen) atoms. The molecule has 0 aliphatic heterocycles. The SMILES string of the molecule is O=C(NO)C1=Cc2ccc(NC(=O)C(c3ccccc3)c3ccccc3)cc2C1. The summed E-state index contributed by atoms with van der Waals surface area (Å²) in [4.78, 5) is 24.9. The first kappa shape index (κ1) is 18.7. The van der Waals surface area contributed by atoms with Gasteiger partial charge in [0.2, 0.25) is 5.91 Å². The third kappa shape index (κ3) is 3.95. The number of nitrogens with one attached hydrogen (secondary N) is 2. The van der Waals surface area contributed by atoms with Gasteiger partial charge in [-0.05, 0) is 40.5 Å². The largest absolute Gasteiger partial charge is 0.325 e. The summed E-state index contributed by atoms with van der Waals surface area (Å²) in [5.41, 5.74) is 6.49. The minimum Gasteiger partial charge on any atom is -0.325 e. The highest BCUT2D eigenvalue weighted by molar-refractivity contribution is 6.01. The Morgan fingerprint density at radius 2 is 1.48 bits per heavy atom. The van der Waals surface area contributed by atoms with E-state index >= 15 is 0 Å². The highest BCUT2D eigenvalue weighted by Gasteiger charge is 2.24. The molecule has 0 saturated heterocycles. The topological polar surface area (TPSA) is 78.4 Å². The van der Waals surface area contributed by atoms with Crippen molar-refractivity contribution in [1.29, 1.82) is 0 Å². The van der Waals surface area contributed by atoms with Crippen LogP contribution in [0.1, 0.15) is 28.2 Å². The van der Waals surface area contributed by atoms with Crippen molar-refractivity contribution in [2.45, 2.75) is 12.3 Å². The number of carbonyl (C=O) groups is 2. The Morgan fingerprint density at radius 1 is 0.862 bits per heavy atom. The second-order valence-electron chi connectivity index (χ2n) is 6.94. The highest BCUT2D eigenvalue weighted by atomic mass is 16.5. The lowest BCUT2D eigenvalue weighted by atomic mass is 9.90. The van der Waals surface area contributed by atoms with Crippen LogP contribution in [0, 0.1) is 0 Å². The number of benzene rings is 3. The Kier molecular flexibility index (Phi) is 5.22. The van der Waals surface area contributed by atoms with E-state index in [0.29, 0.717) is 17.7 Å². The summed E-state index contributed by atoms with van der Waals surface area (Å²) in [5.74, 6) is -1.07. The fraction of sp³-hybridized carbons (Fsp3) is 0.0833. The van der Waals surface area contributed by atoms with Crippen LogP contribution in [0.2, 0.25) is 0 Å². The van der Waals surface area contributed by atoms with Crippen molar-refractivity contribution in [2.24, 2.45) is 0 Å². The van der Waals surface area contributed by atoms with Gasteiger partial charge in [0.15, 0.2) is 0 Å². The van der Waals surface area contributed by atoms with Gasteiger partial charge in [0.05, 0.1) is 5.92 Å². The van der Waals surface area contributed by atoms with Crippen LogP contribution in [0.3, 0.4) is 0 Å². The number of rotatable bonds is 5. The first-order valence-corrected chi connectivity index (χ1v) is 9.34. The number of hydrogen-bond acceptors (Lipinski definition) is 3. The minimum atomic E-state index is -0.514. The Morgan fingerprint density at radius 3 is 2.07 bits per heavy atom. The smallest absolute Gasteiger partial charge is 0.270 e. The maximum Gasteiger partial charge on any atom is 0.270 e. The fourth-order valence-corrected chi connectivity index (χ4v) is 3.64. The quantitative estimate of drug-likeness (QED) is 0.461. The third-order valence-corrected chi connectivity index (χ3v) is 5.04. The standard InChI is InChI=1S/C24H20N2O3/c27-23(26-29)20-13-18-11-12-21(15-19(18)14-20)25-24(28)22(16-7-3-1-4-8-16)17-9-5-2-6-10-17/h1-13,15,22,29H,14H2,(H,25,28)(H,26,27). The van der Waals surface area contributed by atoms with Crippen molar-refractivity contribution >= 4 is 23.6 Å². The van der Waals surface area contributed by atoms with Crippen LogP contribution in [-0.2, 0) is 16.0 Å². The molecule has 0 aromatic heterocycles. The highest BCUT2D eigenvalue weighted by Crippen LogP contribution is 2.30. The Labute approximate surface area is 168 Å². The second-order valence-corrected chi connectivity index (χ2v) is 6.94. The molecular weight excluding hydrogens is 364 g/mol. The van der Waals surface area contributed by atoms with Crippen molar-refractivity contribution in [1.82, 2.24) is 5.48 Å². The fourth-order valence-electron chi connectivity index (χ4n) is 3.64. The van der Waals surface area contributed by atoms with Crippen LogP contribution in [0.15, 0.2) is 84.4 Å². The van der Waals surface area contributed by atoms with Crippen molar-refractivity contribution in [3.63, 3.8) is 0 Å². The molecule has 0 atom stereocenters. The Bertz CT molecular complexity index is 1040. The number of fused-ring (bicyclic) bond motifs is 1. The predicted molar refractivity (Wildman–Crippen MR) is 111 cm³/mol. The first-order valence-electron chi connectivity index (χ1n) is 9.34. The monoisotopic (exact) mass is 384 g/mol. The molecule has 4 rings (SSSR count). The molecule has 0 saturated carbocycles. The summed E-state index contributed by atoms with van der Waals surface area (Å²) in [7, 11) is 0. The van der Waals surface area contributed by atoms with E-state index in [-0.39, 0.29) is 5.91 Å². The van der Waals surface area contributed by atoms with Crippen LogP contribution >= 0.6 is 0 Å². The van der Waals surface area contributed by atoms with Gasteiger partial charge in [0.1, 0.15) is 0 Å². The van der Waals surface area contributed by atoms with Gasteiger partial charge in [0.25, 0.3) is 5.91 Å². The molecule has 0 spiro atoms. The lowest BCUT2D eigenvalue weighted by molar-refractivity contribution is -0.125. The Balaban J connectivity index is 1.58. The molecule has 0 bridgehead atoms. The zero-order valence-corrected chi connectivity index (χ0v) is 15.6. The van der Waals surface area contributed by atoms with E-state index in [0.717, 1.165) is 22.3 Å². The maximum absolute atomic E-state index is 13.2. The molecular formula is C24H20N2O3. The molecule has 0 heterocycles. The zero-order valence-electron chi connectivity index (χ0n) is 15.6. The van der Waals surface area contributed by atoms with Crippen LogP contribution < -0.4 is 10.8 Å². The number of amides is 2. The van der Waals surface area contributed by atoms with Crippen molar-refractivity contribution < 1.29 is 14.8 Å². The number of carbonyl (C=O) groups excluding carboxylic acids is 2. The van der Waals surface area contributed by atoms with Crippen molar-refractivity contribution in [2.75, 3.05) is 5.32 Å². The molecule has 3 aromatic rings. The van der Waals surface area contributed by atoms with E-state index in [1.807, 2.05) is 78.9 Å². The molecule has 3 aromatic carbocycles. The van der Waals surface area contributed by atoms with E-state index in [1.165, 1.54) is 0 Å². The first-order chi connectivity index (χ1) is 14.2. The predicted octanol–water partition coefficient (Wildman–Crippen LogP) is 3.90. The van der Waals surface area contributed by atoms with E-state index in [9.17, 15) is 9.59 Å². The van der Waals surface area contributed by atoms with Gasteiger partial charge in [-0.15, -0.1) is 0 Å². The second kappa shape index (κ2) is 8.12. The van der Waals surface area contributed by atoms with Crippen LogP contribution in [0.5, 0.6) is 0 Å². The summed E-state index contributed by atoms with van der Waals surface area (Å²) in [6.07, 6.45) is 2.15. The van der Waals surface area contributed by atoms with Crippen LogP contribution in [0.25, 0.3) is 6.08 Å². The van der Waals surface area contributed by atoms with Gasteiger partial charge >= 0.3 is 0 Å². The molecule has 0 unspecified atom stereocenters. The maximum atomic E-state index is 13.2.